The van der Waals surface area contributed by atoms with Gasteiger partial charge in [0.05, 0.1) is 11.2 Å². The maximum absolute atomic E-state index is 15.4. The van der Waals surface area contributed by atoms with Gasteiger partial charge in [0.15, 0.2) is 5.72 Å². The monoisotopic (exact) mass is 594 g/mol. The summed E-state index contributed by atoms with van der Waals surface area (Å²) in [6.07, 6.45) is 1.19. The van der Waals surface area contributed by atoms with Gasteiger partial charge in [-0.1, -0.05) is 24.3 Å². The number of benzene rings is 2. The molecule has 0 radical (unpaired) electrons. The second-order valence-electron chi connectivity index (χ2n) is 13.3. The summed E-state index contributed by atoms with van der Waals surface area (Å²) in [5.41, 5.74) is 0.253. The third-order valence-electron chi connectivity index (χ3n) is 7.89. The van der Waals surface area contributed by atoms with Gasteiger partial charge >= 0.3 is 0 Å². The van der Waals surface area contributed by atoms with Crippen molar-refractivity contribution < 1.29 is 28.6 Å². The number of nitrogens with zero attached hydrogens (tertiary/aromatic N) is 2. The van der Waals surface area contributed by atoms with Crippen molar-refractivity contribution in [3.63, 3.8) is 0 Å². The van der Waals surface area contributed by atoms with Crippen molar-refractivity contribution in [2.75, 3.05) is 32.5 Å². The first kappa shape index (κ1) is 34.4. The van der Waals surface area contributed by atoms with E-state index in [1.807, 2.05) is 21.8 Å². The molecule has 0 aliphatic carbocycles. The fourth-order valence-electron chi connectivity index (χ4n) is 6.18. The number of rotatable bonds is 13. The lowest BCUT2D eigenvalue weighted by atomic mass is 9.57. The van der Waals surface area contributed by atoms with Crippen LogP contribution in [-0.2, 0) is 32.8 Å². The number of aliphatic hydroxyl groups is 1. The molecule has 232 valence electrons. The molecule has 2 aromatic rings. The maximum atomic E-state index is 15.4. The van der Waals surface area contributed by atoms with Gasteiger partial charge in [-0.2, -0.15) is 0 Å². The molecule has 3 rings (SSSR count). The molecule has 0 spiro atoms. The minimum atomic E-state index is -1.98. The van der Waals surface area contributed by atoms with Crippen molar-refractivity contribution in [2.45, 2.75) is 75.9 Å². The van der Waals surface area contributed by atoms with E-state index in [0.717, 1.165) is 18.7 Å². The number of likely N-dealkylation sites (N-methyl/N-ethyl adjacent to an activating group) is 2. The van der Waals surface area contributed by atoms with Gasteiger partial charge in [-0.3, -0.25) is 19.4 Å². The normalized spacial score (nSPS) is 18.1. The highest BCUT2D eigenvalue weighted by molar-refractivity contribution is 6.41. The van der Waals surface area contributed by atoms with E-state index >= 15 is 4.39 Å². The summed E-state index contributed by atoms with van der Waals surface area (Å²) in [5, 5.41) is 16.2. The van der Waals surface area contributed by atoms with E-state index in [1.54, 1.807) is 31.3 Å². The van der Waals surface area contributed by atoms with Crippen molar-refractivity contribution in [1.82, 2.24) is 15.1 Å². The zero-order chi connectivity index (χ0) is 32.2. The Kier molecular flexibility index (Phi) is 10.7. The Morgan fingerprint density at radius 3 is 2.40 bits per heavy atom. The number of halogens is 1. The third-order valence-corrected chi connectivity index (χ3v) is 7.89. The van der Waals surface area contributed by atoms with E-state index in [-0.39, 0.29) is 36.4 Å². The lowest BCUT2D eigenvalue weighted by Gasteiger charge is -2.47. The van der Waals surface area contributed by atoms with Crippen LogP contribution in [0.25, 0.3) is 0 Å². The minimum Gasteiger partial charge on any atom is -0.391 e. The first-order chi connectivity index (χ1) is 20.0. The van der Waals surface area contributed by atoms with E-state index in [1.165, 1.54) is 18.0 Å². The van der Waals surface area contributed by atoms with Gasteiger partial charge in [-0.25, -0.2) is 4.39 Å². The summed E-state index contributed by atoms with van der Waals surface area (Å²) in [5.74, 6) is -1.03. The smallest absolute Gasteiger partial charge is 0.267 e. The Balaban J connectivity index is 1.93. The van der Waals surface area contributed by atoms with Gasteiger partial charge in [0.25, 0.3) is 5.91 Å². The average molecular weight is 594 g/mol. The number of carbonyl (C=O) groups excluding carboxylic acids is 3. The summed E-state index contributed by atoms with van der Waals surface area (Å²) in [6.45, 7) is 10.4. The molecule has 0 saturated carbocycles. The van der Waals surface area contributed by atoms with Crippen LogP contribution in [0.1, 0.15) is 67.6 Å². The zero-order valence-electron chi connectivity index (χ0n) is 26.7. The summed E-state index contributed by atoms with van der Waals surface area (Å²) in [6, 6.07) is 10.3. The van der Waals surface area contributed by atoms with Crippen molar-refractivity contribution >= 4 is 39.9 Å². The van der Waals surface area contributed by atoms with E-state index < -0.39 is 17.0 Å². The average Bonchev–Trinajstić information content (AvgIpc) is 2.91. The molecule has 1 heterocycles. The summed E-state index contributed by atoms with van der Waals surface area (Å²) in [4.78, 5) is 39.5. The number of morpholine rings is 1. The van der Waals surface area contributed by atoms with Crippen molar-refractivity contribution in [3.8, 4) is 0 Å². The third kappa shape index (κ3) is 8.32. The Morgan fingerprint density at radius 1 is 1.16 bits per heavy atom. The SMILES string of the molecule is BC(B)(Nc1cccc(C=O)c1CN(C)C(O)(CCC=O)C(=O)NC)c1cc(CN2CC(C)(C)OC(C)(C)C2)ccc1F. The number of nitrogens with one attached hydrogen (secondary N) is 2. The molecule has 3 N–H and O–H groups in total. The van der Waals surface area contributed by atoms with E-state index in [2.05, 4.69) is 43.2 Å². The molecular formula is C31H45B2FN4O5. The fraction of sp³-hybridized carbons (Fsp3) is 0.516. The highest BCUT2D eigenvalue weighted by Gasteiger charge is 2.40. The molecule has 9 nitrogen and oxygen atoms in total. The largest absolute Gasteiger partial charge is 0.391 e. The molecule has 1 fully saturated rings. The molecular weight excluding hydrogens is 549 g/mol. The van der Waals surface area contributed by atoms with Crippen LogP contribution in [0.2, 0.25) is 0 Å². The molecule has 1 saturated heterocycles. The molecule has 2 aromatic carbocycles. The molecule has 1 atom stereocenters. The molecule has 1 unspecified atom stereocenters. The quantitative estimate of drug-likeness (QED) is 0.181. The number of carbonyl (C=O) groups is 3. The number of hydrogen-bond donors (Lipinski definition) is 3. The van der Waals surface area contributed by atoms with E-state index in [0.29, 0.717) is 41.5 Å². The van der Waals surface area contributed by atoms with Crippen LogP contribution >= 0.6 is 0 Å². The molecule has 43 heavy (non-hydrogen) atoms. The Bertz CT molecular complexity index is 1320. The standard InChI is InChI=1S/C31H45B2FN4O5/c1-28(2)19-38(20-29(3,4)43-28)16-21-11-12-25(34)24(15-21)31(32,33)36-26-10-7-9-22(18-40)23(26)17-37(6)30(42,13-8-14-39)27(41)35-5/h7,9-12,14-15,18,36,42H,8,13,16-17,19-20,32-33H2,1-6H3,(H,35,41). The van der Waals surface area contributed by atoms with Crippen LogP contribution in [0.4, 0.5) is 10.1 Å². The topological polar surface area (TPSA) is 111 Å². The highest BCUT2D eigenvalue weighted by atomic mass is 19.1. The Labute approximate surface area is 256 Å². The van der Waals surface area contributed by atoms with Crippen LogP contribution in [0.3, 0.4) is 0 Å². The number of amides is 1. The Morgan fingerprint density at radius 2 is 1.81 bits per heavy atom. The van der Waals surface area contributed by atoms with Crippen molar-refractivity contribution in [1.29, 1.82) is 0 Å². The molecule has 12 heteroatoms. The van der Waals surface area contributed by atoms with Crippen molar-refractivity contribution in [3.05, 3.63) is 64.5 Å². The van der Waals surface area contributed by atoms with Gasteiger partial charge < -0.3 is 25.3 Å². The predicted octanol–water partition coefficient (Wildman–Crippen LogP) is 1.36. The van der Waals surface area contributed by atoms with Gasteiger partial charge in [-0.15, -0.1) is 0 Å². The van der Waals surface area contributed by atoms with Gasteiger partial charge in [0.2, 0.25) is 0 Å². The van der Waals surface area contributed by atoms with Gasteiger partial charge in [-0.05, 0) is 63.6 Å². The lowest BCUT2D eigenvalue weighted by Crippen LogP contribution is -2.56. The van der Waals surface area contributed by atoms with Gasteiger partial charge in [0.1, 0.15) is 34.1 Å². The summed E-state index contributed by atoms with van der Waals surface area (Å²) < 4.78 is 21.6. The van der Waals surface area contributed by atoms with E-state index in [9.17, 15) is 19.5 Å². The number of ether oxygens (including phenoxy) is 1. The summed E-state index contributed by atoms with van der Waals surface area (Å²) >= 11 is 0. The van der Waals surface area contributed by atoms with Crippen LogP contribution < -0.4 is 10.6 Å². The molecule has 0 aromatic heterocycles. The van der Waals surface area contributed by atoms with Crippen molar-refractivity contribution in [2.24, 2.45) is 0 Å². The lowest BCUT2D eigenvalue weighted by molar-refractivity contribution is -0.182. The Hall–Kier alpha value is -3.05. The first-order valence-electron chi connectivity index (χ1n) is 14.6. The predicted molar refractivity (Wildman–Crippen MR) is 171 cm³/mol. The number of hydrogen-bond acceptors (Lipinski definition) is 8. The van der Waals surface area contributed by atoms with Crippen LogP contribution in [-0.4, -0.2) is 93.2 Å². The van der Waals surface area contributed by atoms with Crippen LogP contribution in [0.5, 0.6) is 0 Å². The summed E-state index contributed by atoms with van der Waals surface area (Å²) in [7, 11) is 6.68. The first-order valence-corrected chi connectivity index (χ1v) is 14.6. The second-order valence-corrected chi connectivity index (χ2v) is 13.3. The molecule has 1 aliphatic heterocycles. The number of anilines is 1. The van der Waals surface area contributed by atoms with E-state index in [4.69, 9.17) is 4.74 Å². The second kappa shape index (κ2) is 13.3. The fourth-order valence-corrected chi connectivity index (χ4v) is 6.18. The van der Waals surface area contributed by atoms with Gasteiger partial charge in [0, 0.05) is 62.7 Å². The highest BCUT2D eigenvalue weighted by Crippen LogP contribution is 2.32. The zero-order valence-corrected chi connectivity index (χ0v) is 26.7. The molecule has 1 amide bonds. The number of aldehydes is 2. The minimum absolute atomic E-state index is 0.00122. The maximum Gasteiger partial charge on any atom is 0.267 e. The molecule has 1 aliphatic rings. The van der Waals surface area contributed by atoms with Crippen LogP contribution in [0, 0.1) is 5.82 Å². The molecule has 0 bridgehead atoms. The van der Waals surface area contributed by atoms with Crippen LogP contribution in [0.15, 0.2) is 36.4 Å².